The minimum Gasteiger partial charge on any atom is -0.421 e. The molecule has 2 bridgehead atoms. The molecule has 0 amide bonds. The Morgan fingerprint density at radius 3 is 2.70 bits per heavy atom. The second-order valence-corrected chi connectivity index (χ2v) is 9.01. The van der Waals surface area contributed by atoms with E-state index in [1.54, 1.807) is 19.4 Å². The Labute approximate surface area is 189 Å². The second kappa shape index (κ2) is 7.24. The Morgan fingerprint density at radius 1 is 1.24 bits per heavy atom. The Hall–Kier alpha value is -3.53. The van der Waals surface area contributed by atoms with Crippen LogP contribution >= 0.6 is 0 Å². The van der Waals surface area contributed by atoms with E-state index in [-0.39, 0.29) is 23.9 Å². The molecule has 4 heterocycles. The molecule has 4 N–H and O–H groups in total. The maximum atomic E-state index is 14.5. The van der Waals surface area contributed by atoms with Gasteiger partial charge in [0.2, 0.25) is 0 Å². The number of ether oxygens (including phenoxy) is 1. The van der Waals surface area contributed by atoms with Crippen LogP contribution in [0.4, 0.5) is 15.9 Å². The number of halogens is 1. The highest BCUT2D eigenvalue weighted by Crippen LogP contribution is 2.46. The molecule has 2 fully saturated rings. The summed E-state index contributed by atoms with van der Waals surface area (Å²) in [5.74, 6) is 2.35. The van der Waals surface area contributed by atoms with Crippen molar-refractivity contribution in [2.45, 2.75) is 32.4 Å². The van der Waals surface area contributed by atoms with Gasteiger partial charge in [0.25, 0.3) is 0 Å². The van der Waals surface area contributed by atoms with Crippen LogP contribution in [-0.4, -0.2) is 50.6 Å². The third-order valence-corrected chi connectivity index (χ3v) is 7.15. The molecule has 1 saturated carbocycles. The minimum absolute atomic E-state index is 0.183. The topological polar surface area (TPSA) is 118 Å². The van der Waals surface area contributed by atoms with Gasteiger partial charge in [0.15, 0.2) is 5.75 Å². The third-order valence-electron chi connectivity index (χ3n) is 7.15. The lowest BCUT2D eigenvalue weighted by Crippen LogP contribution is -2.41. The van der Waals surface area contributed by atoms with E-state index in [0.717, 1.165) is 35.1 Å². The lowest BCUT2D eigenvalue weighted by Gasteiger charge is -2.31. The first-order chi connectivity index (χ1) is 15.9. The minimum atomic E-state index is -0.325. The van der Waals surface area contributed by atoms with Crippen molar-refractivity contribution in [1.82, 2.24) is 24.9 Å². The highest BCUT2D eigenvalue weighted by molar-refractivity contribution is 6.14. The summed E-state index contributed by atoms with van der Waals surface area (Å²) in [6.07, 6.45) is 4.08. The molecule has 1 aliphatic carbocycles. The predicted octanol–water partition coefficient (Wildman–Crippen LogP) is 3.35. The van der Waals surface area contributed by atoms with Crippen molar-refractivity contribution in [3.63, 3.8) is 0 Å². The van der Waals surface area contributed by atoms with Gasteiger partial charge < -0.3 is 25.7 Å². The summed E-state index contributed by atoms with van der Waals surface area (Å²) in [7, 11) is 1.76. The third kappa shape index (κ3) is 3.08. The Kier molecular flexibility index (Phi) is 4.41. The summed E-state index contributed by atoms with van der Waals surface area (Å²) in [6.45, 7) is 4.85. The number of benzene rings is 1. The zero-order valence-electron chi connectivity index (χ0n) is 18.6. The van der Waals surface area contributed by atoms with Crippen molar-refractivity contribution in [2.75, 3.05) is 23.8 Å². The summed E-state index contributed by atoms with van der Waals surface area (Å²) in [5.41, 5.74) is 8.38. The van der Waals surface area contributed by atoms with Gasteiger partial charge in [0.05, 0.1) is 29.0 Å². The Bertz CT molecular complexity index is 1370. The molecule has 3 aromatic heterocycles. The van der Waals surface area contributed by atoms with Crippen molar-refractivity contribution in [3.8, 4) is 11.8 Å². The Morgan fingerprint density at radius 2 is 2.03 bits per heavy atom. The van der Waals surface area contributed by atoms with Gasteiger partial charge in [0, 0.05) is 31.1 Å². The van der Waals surface area contributed by atoms with E-state index in [0.29, 0.717) is 34.7 Å². The average Bonchev–Trinajstić information content (AvgIpc) is 3.41. The monoisotopic (exact) mass is 448 g/mol. The van der Waals surface area contributed by atoms with E-state index >= 15 is 0 Å². The van der Waals surface area contributed by atoms with Crippen molar-refractivity contribution in [1.29, 1.82) is 0 Å². The lowest BCUT2D eigenvalue weighted by atomic mass is 9.98. The van der Waals surface area contributed by atoms with Crippen molar-refractivity contribution in [3.05, 3.63) is 36.2 Å². The van der Waals surface area contributed by atoms with Gasteiger partial charge in [-0.2, -0.15) is 9.97 Å². The highest BCUT2D eigenvalue weighted by atomic mass is 19.1. The van der Waals surface area contributed by atoms with Crippen LogP contribution in [0.1, 0.15) is 19.2 Å². The van der Waals surface area contributed by atoms with Gasteiger partial charge >= 0.3 is 6.01 Å². The zero-order chi connectivity index (χ0) is 22.9. The number of aryl methyl sites for hydroxylation is 1. The lowest BCUT2D eigenvalue weighted by molar-refractivity contribution is 0.431. The van der Waals surface area contributed by atoms with Crippen molar-refractivity contribution < 1.29 is 9.13 Å². The van der Waals surface area contributed by atoms with Crippen LogP contribution in [0, 0.1) is 24.6 Å². The first-order valence-electron chi connectivity index (χ1n) is 11.1. The maximum absolute atomic E-state index is 14.5. The molecule has 6 rings (SSSR count). The largest absolute Gasteiger partial charge is 0.421 e. The van der Waals surface area contributed by atoms with E-state index in [9.17, 15) is 4.39 Å². The quantitative estimate of drug-likeness (QED) is 0.435. The van der Waals surface area contributed by atoms with Crippen LogP contribution in [-0.2, 0) is 0 Å². The number of nitrogens with zero attached hydrogens (tertiary/aromatic N) is 5. The smallest absolute Gasteiger partial charge is 0.326 e. The number of H-pyrrole nitrogens is 1. The molecular weight excluding hydrogens is 423 g/mol. The van der Waals surface area contributed by atoms with Crippen molar-refractivity contribution >= 4 is 33.4 Å². The number of anilines is 2. The fourth-order valence-corrected chi connectivity index (χ4v) is 5.48. The van der Waals surface area contributed by atoms with Gasteiger partial charge in [0.1, 0.15) is 23.1 Å². The van der Waals surface area contributed by atoms with Crippen LogP contribution in [0.25, 0.3) is 21.9 Å². The molecule has 0 radical (unpaired) electrons. The molecule has 4 aromatic rings. The first-order valence-corrected chi connectivity index (χ1v) is 11.1. The van der Waals surface area contributed by atoms with Crippen LogP contribution < -0.4 is 20.7 Å². The molecule has 1 aliphatic heterocycles. The van der Waals surface area contributed by atoms with Crippen LogP contribution in [0.15, 0.2) is 24.5 Å². The van der Waals surface area contributed by atoms with E-state index in [2.05, 4.69) is 37.1 Å². The summed E-state index contributed by atoms with van der Waals surface area (Å²) in [5, 5.41) is 4.57. The fraction of sp³-hybridized carbons (Fsp3) is 0.391. The fourth-order valence-electron chi connectivity index (χ4n) is 5.48. The number of nitrogens with one attached hydrogen (secondary N) is 2. The first kappa shape index (κ1) is 20.1. The van der Waals surface area contributed by atoms with Gasteiger partial charge in [-0.05, 0) is 37.3 Å². The molecule has 1 aromatic carbocycles. The van der Waals surface area contributed by atoms with E-state index < -0.39 is 0 Å². The van der Waals surface area contributed by atoms with Crippen molar-refractivity contribution in [2.24, 2.45) is 17.6 Å². The molecule has 0 unspecified atom stereocenters. The number of hydrogen-bond acceptors (Lipinski definition) is 8. The van der Waals surface area contributed by atoms with E-state index in [1.165, 1.54) is 12.1 Å². The second-order valence-electron chi connectivity index (χ2n) is 9.01. The summed E-state index contributed by atoms with van der Waals surface area (Å²) < 4.78 is 20.4. The van der Waals surface area contributed by atoms with Crippen LogP contribution in [0.2, 0.25) is 0 Å². The van der Waals surface area contributed by atoms with Gasteiger partial charge in [-0.3, -0.25) is 0 Å². The number of nitrogens with two attached hydrogens (primary N) is 1. The molecule has 33 heavy (non-hydrogen) atoms. The number of piperidine rings is 1. The predicted molar refractivity (Wildman–Crippen MR) is 124 cm³/mol. The zero-order valence-corrected chi connectivity index (χ0v) is 18.6. The van der Waals surface area contributed by atoms with Crippen LogP contribution in [0.3, 0.4) is 0 Å². The summed E-state index contributed by atoms with van der Waals surface area (Å²) >= 11 is 0. The molecule has 1 saturated heterocycles. The van der Waals surface area contributed by atoms with Crippen LogP contribution in [0.5, 0.6) is 11.8 Å². The van der Waals surface area contributed by atoms with Gasteiger partial charge in [-0.1, -0.05) is 6.92 Å². The molecule has 2 aliphatic rings. The van der Waals surface area contributed by atoms with Gasteiger partial charge in [-0.25, -0.2) is 14.4 Å². The standard InChI is InChI=1S/C23H25FN8O/c1-10-15-9-32(18(10)6-16(15)25)22-19-14-4-12(24)5-17(26-3)20(14)29-21(19)30-23(31-22)33-13-7-27-11(2)28-8-13/h4-5,7-8,10,15-16,18,26H,6,9,25H2,1-3H3,(H,29,30,31)/t10-,15+,16-,18+/m1/s1. The number of aromatic amines is 1. The average molecular weight is 449 g/mol. The number of rotatable bonds is 4. The summed E-state index contributed by atoms with van der Waals surface area (Å²) in [4.78, 5) is 23.4. The highest BCUT2D eigenvalue weighted by Gasteiger charge is 2.49. The summed E-state index contributed by atoms with van der Waals surface area (Å²) in [6, 6.07) is 3.63. The molecule has 0 spiro atoms. The van der Waals surface area contributed by atoms with E-state index in [4.69, 9.17) is 15.5 Å². The number of hydrogen-bond donors (Lipinski definition) is 3. The normalized spacial score (nSPS) is 24.2. The van der Waals surface area contributed by atoms with E-state index in [1.807, 2.05) is 6.92 Å². The molecule has 4 atom stereocenters. The van der Waals surface area contributed by atoms with Gasteiger partial charge in [-0.15, -0.1) is 0 Å². The maximum Gasteiger partial charge on any atom is 0.326 e. The number of aromatic nitrogens is 5. The molecular formula is C23H25FN8O. The Balaban J connectivity index is 1.55. The SMILES string of the molecule is CNc1cc(F)cc2c1[nH]c1nc(Oc3cnc(C)nc3)nc(N3C[C@H]4[C@@H](C)[C@@H]3C[C@H]4N)c12. The molecule has 9 nitrogen and oxygen atoms in total. The molecule has 10 heteroatoms. The number of fused-ring (bicyclic) bond motifs is 5. The molecule has 170 valence electrons.